The third-order valence-corrected chi connectivity index (χ3v) is 2.75. The van der Waals surface area contributed by atoms with E-state index in [-0.39, 0.29) is 5.92 Å². The van der Waals surface area contributed by atoms with Gasteiger partial charge >= 0.3 is 12.1 Å². The second-order valence-corrected chi connectivity index (χ2v) is 3.75. The minimum absolute atomic E-state index is 0.0682. The fraction of sp³-hybridized carbons (Fsp3) is 0.700. The van der Waals surface area contributed by atoms with Crippen LogP contribution in [0.15, 0.2) is 0 Å². The van der Waals surface area contributed by atoms with Crippen molar-refractivity contribution in [3.8, 4) is 0 Å². The third-order valence-electron chi connectivity index (χ3n) is 2.75. The Balaban J connectivity index is 4.97. The lowest BCUT2D eigenvalue weighted by molar-refractivity contribution is -0.131. The molecule has 0 bridgehead atoms. The average molecular weight is 229 g/mol. The first kappa shape index (κ1) is 14.4. The maximum Gasteiger partial charge on any atom is 0.329 e. The zero-order valence-corrected chi connectivity index (χ0v) is 9.90. The van der Waals surface area contributed by atoms with Crippen LogP contribution in [0.2, 0.25) is 0 Å². The molecule has 0 spiro atoms. The maximum atomic E-state index is 11.9. The summed E-state index contributed by atoms with van der Waals surface area (Å²) in [6, 6.07) is -2.25. The van der Waals surface area contributed by atoms with Crippen LogP contribution in [0.1, 0.15) is 33.6 Å². The second-order valence-electron chi connectivity index (χ2n) is 3.75. The fourth-order valence-corrected chi connectivity index (χ4v) is 1.60. The molecule has 0 aromatic heterocycles. The van der Waals surface area contributed by atoms with Crippen LogP contribution < -0.4 is 11.5 Å². The summed E-state index contributed by atoms with van der Waals surface area (Å²) in [7, 11) is 0. The van der Waals surface area contributed by atoms with Gasteiger partial charge in [-0.15, -0.1) is 0 Å². The number of hydrogen-bond donors (Lipinski definition) is 2. The number of imide groups is 3. The topological polar surface area (TPSA) is 106 Å². The third kappa shape index (κ3) is 3.22. The minimum Gasteiger partial charge on any atom is -0.351 e. The first-order chi connectivity index (χ1) is 7.36. The summed E-state index contributed by atoms with van der Waals surface area (Å²) in [5, 5.41) is 0. The summed E-state index contributed by atoms with van der Waals surface area (Å²) in [4.78, 5) is 34.1. The predicted molar refractivity (Wildman–Crippen MR) is 59.2 cm³/mol. The van der Waals surface area contributed by atoms with Gasteiger partial charge in [0.25, 0.3) is 0 Å². The Hall–Kier alpha value is -1.59. The molecule has 2 atom stereocenters. The number of rotatable bonds is 4. The van der Waals surface area contributed by atoms with Crippen LogP contribution in [-0.2, 0) is 4.79 Å². The van der Waals surface area contributed by atoms with E-state index >= 15 is 0 Å². The van der Waals surface area contributed by atoms with E-state index in [1.165, 1.54) is 0 Å². The molecular weight excluding hydrogens is 210 g/mol. The Morgan fingerprint density at radius 3 is 1.75 bits per heavy atom. The van der Waals surface area contributed by atoms with Crippen molar-refractivity contribution in [3.63, 3.8) is 0 Å². The number of primary amides is 2. The molecule has 0 heterocycles. The van der Waals surface area contributed by atoms with Crippen molar-refractivity contribution in [2.45, 2.75) is 33.6 Å². The lowest BCUT2D eigenvalue weighted by Crippen LogP contribution is -2.51. The van der Waals surface area contributed by atoms with Gasteiger partial charge in [0.1, 0.15) is 0 Å². The van der Waals surface area contributed by atoms with Crippen molar-refractivity contribution >= 4 is 18.0 Å². The van der Waals surface area contributed by atoms with Crippen molar-refractivity contribution in [2.75, 3.05) is 0 Å². The number of amides is 5. The Morgan fingerprint density at radius 2 is 1.50 bits per heavy atom. The molecule has 6 nitrogen and oxygen atoms in total. The van der Waals surface area contributed by atoms with Gasteiger partial charge in [-0.05, 0) is 12.3 Å². The van der Waals surface area contributed by atoms with Gasteiger partial charge in [-0.25, -0.2) is 9.59 Å². The van der Waals surface area contributed by atoms with Crippen molar-refractivity contribution in [1.29, 1.82) is 0 Å². The van der Waals surface area contributed by atoms with Crippen LogP contribution in [-0.4, -0.2) is 22.9 Å². The number of nitrogens with zero attached hydrogens (tertiary/aromatic N) is 1. The monoisotopic (exact) mass is 229 g/mol. The molecule has 0 aromatic carbocycles. The molecule has 2 unspecified atom stereocenters. The summed E-state index contributed by atoms with van der Waals surface area (Å²) in [6.45, 7) is 5.63. The SMILES string of the molecule is CCC(C)C(CC)C(=O)N(C(N)=O)C(N)=O. The van der Waals surface area contributed by atoms with Gasteiger partial charge in [0.05, 0.1) is 0 Å². The van der Waals surface area contributed by atoms with Gasteiger partial charge in [-0.2, -0.15) is 4.90 Å². The minimum atomic E-state index is -1.13. The zero-order chi connectivity index (χ0) is 12.9. The van der Waals surface area contributed by atoms with E-state index in [1.54, 1.807) is 0 Å². The quantitative estimate of drug-likeness (QED) is 0.752. The highest BCUT2D eigenvalue weighted by atomic mass is 16.2. The highest BCUT2D eigenvalue weighted by molar-refractivity contribution is 6.09. The Bertz CT molecular complexity index is 277. The summed E-state index contributed by atoms with van der Waals surface area (Å²) >= 11 is 0. The number of carbonyl (C=O) groups excluding carboxylic acids is 3. The summed E-state index contributed by atoms with van der Waals surface area (Å²) < 4.78 is 0. The molecular formula is C10H19N3O3. The highest BCUT2D eigenvalue weighted by Crippen LogP contribution is 2.21. The van der Waals surface area contributed by atoms with Crippen LogP contribution in [0.3, 0.4) is 0 Å². The molecule has 0 rings (SSSR count). The molecule has 0 fully saturated rings. The van der Waals surface area contributed by atoms with Gasteiger partial charge in [0.2, 0.25) is 5.91 Å². The average Bonchev–Trinajstić information content (AvgIpc) is 2.17. The molecule has 92 valence electrons. The van der Waals surface area contributed by atoms with Gasteiger partial charge in [0.15, 0.2) is 0 Å². The molecule has 0 saturated carbocycles. The van der Waals surface area contributed by atoms with E-state index in [2.05, 4.69) is 0 Å². The highest BCUT2D eigenvalue weighted by Gasteiger charge is 2.32. The molecule has 6 heteroatoms. The number of nitrogens with two attached hydrogens (primary N) is 2. The van der Waals surface area contributed by atoms with Gasteiger partial charge in [0, 0.05) is 5.92 Å². The maximum absolute atomic E-state index is 11.9. The molecule has 0 radical (unpaired) electrons. The van der Waals surface area contributed by atoms with Crippen molar-refractivity contribution < 1.29 is 14.4 Å². The van der Waals surface area contributed by atoms with E-state index in [4.69, 9.17) is 11.5 Å². The first-order valence-corrected chi connectivity index (χ1v) is 5.29. The molecule has 5 amide bonds. The van der Waals surface area contributed by atoms with Crippen LogP contribution >= 0.6 is 0 Å². The van der Waals surface area contributed by atoms with Crippen LogP contribution in [0.4, 0.5) is 9.59 Å². The van der Waals surface area contributed by atoms with Crippen LogP contribution in [0.25, 0.3) is 0 Å². The van der Waals surface area contributed by atoms with E-state index in [1.807, 2.05) is 20.8 Å². The second kappa shape index (κ2) is 6.09. The van der Waals surface area contributed by atoms with Crippen molar-refractivity contribution in [3.05, 3.63) is 0 Å². The van der Waals surface area contributed by atoms with Crippen molar-refractivity contribution in [2.24, 2.45) is 23.3 Å². The van der Waals surface area contributed by atoms with E-state index in [0.29, 0.717) is 11.3 Å². The molecule has 0 aromatic rings. The predicted octanol–water partition coefficient (Wildman–Crippen LogP) is 1.04. The Morgan fingerprint density at radius 1 is 1.06 bits per heavy atom. The van der Waals surface area contributed by atoms with Crippen molar-refractivity contribution in [1.82, 2.24) is 4.90 Å². The number of urea groups is 2. The Kier molecular flexibility index (Phi) is 5.49. The Labute approximate surface area is 94.9 Å². The van der Waals surface area contributed by atoms with E-state index in [9.17, 15) is 14.4 Å². The van der Waals surface area contributed by atoms with Gasteiger partial charge in [-0.1, -0.05) is 27.2 Å². The van der Waals surface area contributed by atoms with Crippen LogP contribution in [0, 0.1) is 11.8 Å². The van der Waals surface area contributed by atoms with E-state index < -0.39 is 23.9 Å². The molecule has 0 aliphatic rings. The molecule has 0 aliphatic carbocycles. The van der Waals surface area contributed by atoms with Gasteiger partial charge < -0.3 is 11.5 Å². The molecule has 16 heavy (non-hydrogen) atoms. The standard InChI is InChI=1S/C10H19N3O3/c1-4-6(3)7(5-2)8(14)13(9(11)15)10(12)16/h6-7H,4-5H2,1-3H3,(H2,11,15)(H2,12,16). The first-order valence-electron chi connectivity index (χ1n) is 5.29. The zero-order valence-electron chi connectivity index (χ0n) is 9.90. The summed E-state index contributed by atoms with van der Waals surface area (Å²) in [5.74, 6) is -0.958. The molecule has 0 aliphatic heterocycles. The normalized spacial score (nSPS) is 13.9. The summed E-state index contributed by atoms with van der Waals surface area (Å²) in [6.07, 6.45) is 1.31. The molecule has 4 N–H and O–H groups in total. The lowest BCUT2D eigenvalue weighted by atomic mass is 9.88. The number of carbonyl (C=O) groups is 3. The molecule has 0 saturated heterocycles. The smallest absolute Gasteiger partial charge is 0.329 e. The van der Waals surface area contributed by atoms with Gasteiger partial charge in [-0.3, -0.25) is 4.79 Å². The largest absolute Gasteiger partial charge is 0.351 e. The van der Waals surface area contributed by atoms with Crippen LogP contribution in [0.5, 0.6) is 0 Å². The lowest BCUT2D eigenvalue weighted by Gasteiger charge is -2.24. The van der Waals surface area contributed by atoms with E-state index in [0.717, 1.165) is 6.42 Å². The number of hydrogen-bond acceptors (Lipinski definition) is 3. The summed E-state index contributed by atoms with van der Waals surface area (Å²) in [5.41, 5.74) is 9.88. The fourth-order valence-electron chi connectivity index (χ4n) is 1.60.